The molecular formula is C17H10ClF3N4O3. The molecule has 0 saturated carbocycles. The lowest BCUT2D eigenvalue weighted by Gasteiger charge is -2.12. The van der Waals surface area contributed by atoms with Gasteiger partial charge in [-0.3, -0.25) is 10.1 Å². The first-order valence-electron chi connectivity index (χ1n) is 7.62. The molecule has 0 spiro atoms. The lowest BCUT2D eigenvalue weighted by molar-refractivity contribution is -0.385. The van der Waals surface area contributed by atoms with Gasteiger partial charge in [0.15, 0.2) is 0 Å². The topological polar surface area (TPSA) is 90.2 Å². The molecule has 0 atom stereocenters. The minimum absolute atomic E-state index is 0.0933. The van der Waals surface area contributed by atoms with Gasteiger partial charge in [-0.25, -0.2) is 4.98 Å². The first kappa shape index (κ1) is 19.4. The zero-order valence-electron chi connectivity index (χ0n) is 13.8. The van der Waals surface area contributed by atoms with Gasteiger partial charge in [0.2, 0.25) is 5.82 Å². The van der Waals surface area contributed by atoms with Gasteiger partial charge in [0.25, 0.3) is 0 Å². The number of halogens is 4. The van der Waals surface area contributed by atoms with E-state index in [1.165, 1.54) is 6.07 Å². The molecule has 11 heteroatoms. The van der Waals surface area contributed by atoms with E-state index in [1.807, 2.05) is 0 Å². The highest BCUT2D eigenvalue weighted by Crippen LogP contribution is 2.39. The van der Waals surface area contributed by atoms with Crippen molar-refractivity contribution in [3.8, 4) is 11.6 Å². The van der Waals surface area contributed by atoms with Crippen molar-refractivity contribution >= 4 is 28.8 Å². The quantitative estimate of drug-likeness (QED) is 0.435. The molecule has 3 rings (SSSR count). The molecule has 28 heavy (non-hydrogen) atoms. The maximum absolute atomic E-state index is 13.0. The molecule has 0 bridgehead atoms. The summed E-state index contributed by atoms with van der Waals surface area (Å²) in [7, 11) is 0. The molecular weight excluding hydrogens is 401 g/mol. The second kappa shape index (κ2) is 7.69. The van der Waals surface area contributed by atoms with Gasteiger partial charge in [-0.2, -0.15) is 18.2 Å². The van der Waals surface area contributed by atoms with E-state index < -0.39 is 27.4 Å². The molecule has 3 aromatic rings. The number of rotatable bonds is 5. The van der Waals surface area contributed by atoms with Crippen LogP contribution in [-0.4, -0.2) is 14.9 Å². The van der Waals surface area contributed by atoms with Crippen LogP contribution in [0.25, 0.3) is 0 Å². The third-order valence-corrected chi connectivity index (χ3v) is 3.79. The SMILES string of the molecule is O=[N+]([O-])c1c(Nc2ccc(Cl)c(C(F)(F)F)c2)ncnc1Oc1ccccc1. The Labute approximate surface area is 160 Å². The molecule has 0 unspecified atom stereocenters. The van der Waals surface area contributed by atoms with Crippen LogP contribution in [0.2, 0.25) is 5.02 Å². The maximum atomic E-state index is 13.0. The first-order valence-corrected chi connectivity index (χ1v) is 7.99. The molecule has 1 N–H and O–H groups in total. The Bertz CT molecular complexity index is 1020. The van der Waals surface area contributed by atoms with Crippen LogP contribution in [-0.2, 0) is 6.18 Å². The average molecular weight is 411 g/mol. The van der Waals surface area contributed by atoms with Gasteiger partial charge in [-0.1, -0.05) is 29.8 Å². The van der Waals surface area contributed by atoms with E-state index in [2.05, 4.69) is 15.3 Å². The lowest BCUT2D eigenvalue weighted by atomic mass is 10.2. The van der Waals surface area contributed by atoms with Crippen molar-refractivity contribution in [1.29, 1.82) is 0 Å². The molecule has 7 nitrogen and oxygen atoms in total. The predicted molar refractivity (Wildman–Crippen MR) is 94.9 cm³/mol. The van der Waals surface area contributed by atoms with Crippen molar-refractivity contribution in [1.82, 2.24) is 9.97 Å². The van der Waals surface area contributed by atoms with E-state index in [1.54, 1.807) is 30.3 Å². The zero-order chi connectivity index (χ0) is 20.3. The summed E-state index contributed by atoms with van der Waals surface area (Å²) in [5.41, 5.74) is -1.81. The highest BCUT2D eigenvalue weighted by molar-refractivity contribution is 6.31. The van der Waals surface area contributed by atoms with Crippen LogP contribution in [0.15, 0.2) is 54.9 Å². The van der Waals surface area contributed by atoms with Crippen molar-refractivity contribution in [2.45, 2.75) is 6.18 Å². The number of para-hydroxylation sites is 1. The van der Waals surface area contributed by atoms with Gasteiger partial charge in [-0.05, 0) is 30.3 Å². The number of nitrogens with one attached hydrogen (secondary N) is 1. The number of hydrogen-bond acceptors (Lipinski definition) is 6. The molecule has 0 amide bonds. The Morgan fingerprint density at radius 3 is 2.46 bits per heavy atom. The zero-order valence-corrected chi connectivity index (χ0v) is 14.5. The van der Waals surface area contributed by atoms with Crippen LogP contribution >= 0.6 is 11.6 Å². The molecule has 0 fully saturated rings. The Morgan fingerprint density at radius 2 is 1.82 bits per heavy atom. The van der Waals surface area contributed by atoms with Gasteiger partial charge in [0.05, 0.1) is 15.5 Å². The van der Waals surface area contributed by atoms with E-state index >= 15 is 0 Å². The summed E-state index contributed by atoms with van der Waals surface area (Å²) in [4.78, 5) is 18.2. The summed E-state index contributed by atoms with van der Waals surface area (Å²) < 4.78 is 44.5. The summed E-state index contributed by atoms with van der Waals surface area (Å²) in [5.74, 6) is -0.402. The van der Waals surface area contributed by atoms with Gasteiger partial charge in [0.1, 0.15) is 12.1 Å². The summed E-state index contributed by atoms with van der Waals surface area (Å²) >= 11 is 5.58. The minimum atomic E-state index is -4.69. The van der Waals surface area contributed by atoms with Gasteiger partial charge >= 0.3 is 17.7 Å². The van der Waals surface area contributed by atoms with E-state index in [0.29, 0.717) is 5.75 Å². The predicted octanol–water partition coefficient (Wildman–Crippen LogP) is 5.59. The number of ether oxygens (including phenoxy) is 1. The Kier molecular flexibility index (Phi) is 5.32. The normalized spacial score (nSPS) is 11.1. The van der Waals surface area contributed by atoms with Crippen molar-refractivity contribution < 1.29 is 22.8 Å². The largest absolute Gasteiger partial charge is 0.434 e. The van der Waals surface area contributed by atoms with Crippen molar-refractivity contribution in [2.24, 2.45) is 0 Å². The van der Waals surface area contributed by atoms with Crippen LogP contribution in [0, 0.1) is 10.1 Å². The van der Waals surface area contributed by atoms with Crippen molar-refractivity contribution in [2.75, 3.05) is 5.32 Å². The van der Waals surface area contributed by atoms with E-state index in [4.69, 9.17) is 16.3 Å². The molecule has 0 saturated heterocycles. The minimum Gasteiger partial charge on any atom is -0.434 e. The molecule has 2 aromatic carbocycles. The molecule has 0 aliphatic heterocycles. The Balaban J connectivity index is 1.99. The van der Waals surface area contributed by atoms with Crippen LogP contribution in [0.3, 0.4) is 0 Å². The standard InChI is InChI=1S/C17H10ClF3N4O3/c18-13-7-6-10(8-12(13)17(19,20)21)24-15-14(25(26)27)16(23-9-22-15)28-11-4-2-1-3-5-11/h1-9H,(H,22,23,24). The second-order valence-electron chi connectivity index (χ2n) is 5.37. The lowest BCUT2D eigenvalue weighted by Crippen LogP contribution is -2.07. The monoisotopic (exact) mass is 410 g/mol. The fourth-order valence-corrected chi connectivity index (χ4v) is 2.48. The van der Waals surface area contributed by atoms with Gasteiger partial charge < -0.3 is 10.1 Å². The summed E-state index contributed by atoms with van der Waals surface area (Å²) in [6.07, 6.45) is -3.69. The molecule has 0 aliphatic rings. The number of nitro groups is 1. The van der Waals surface area contributed by atoms with Gasteiger partial charge in [-0.15, -0.1) is 0 Å². The van der Waals surface area contributed by atoms with Crippen LogP contribution in [0.4, 0.5) is 30.4 Å². The second-order valence-corrected chi connectivity index (χ2v) is 5.77. The number of nitrogens with zero attached hydrogens (tertiary/aromatic N) is 3. The summed E-state index contributed by atoms with van der Waals surface area (Å²) in [5, 5.41) is 13.5. The summed E-state index contributed by atoms with van der Waals surface area (Å²) in [6.45, 7) is 0. The number of aromatic nitrogens is 2. The van der Waals surface area contributed by atoms with Crippen LogP contribution < -0.4 is 10.1 Å². The fourth-order valence-electron chi connectivity index (χ4n) is 2.25. The smallest absolute Gasteiger partial charge is 0.417 e. The number of benzene rings is 2. The highest BCUT2D eigenvalue weighted by atomic mass is 35.5. The van der Waals surface area contributed by atoms with Crippen molar-refractivity contribution in [3.05, 3.63) is 75.6 Å². The van der Waals surface area contributed by atoms with Crippen LogP contribution in [0.1, 0.15) is 5.56 Å². The Morgan fingerprint density at radius 1 is 1.11 bits per heavy atom. The summed E-state index contributed by atoms with van der Waals surface area (Å²) in [6, 6.07) is 11.2. The number of hydrogen-bond donors (Lipinski definition) is 1. The van der Waals surface area contributed by atoms with Gasteiger partial charge in [0, 0.05) is 5.69 Å². The molecule has 0 radical (unpaired) electrons. The van der Waals surface area contributed by atoms with E-state index in [0.717, 1.165) is 18.5 Å². The van der Waals surface area contributed by atoms with Crippen LogP contribution in [0.5, 0.6) is 11.6 Å². The third kappa shape index (κ3) is 4.29. The Hall–Kier alpha value is -3.40. The highest BCUT2D eigenvalue weighted by Gasteiger charge is 2.34. The first-order chi connectivity index (χ1) is 13.3. The van der Waals surface area contributed by atoms with E-state index in [9.17, 15) is 23.3 Å². The number of alkyl halides is 3. The average Bonchev–Trinajstić information content (AvgIpc) is 2.63. The van der Waals surface area contributed by atoms with Crippen molar-refractivity contribution in [3.63, 3.8) is 0 Å². The number of anilines is 2. The van der Waals surface area contributed by atoms with E-state index in [-0.39, 0.29) is 17.4 Å². The fraction of sp³-hybridized carbons (Fsp3) is 0.0588. The molecule has 1 aromatic heterocycles. The third-order valence-electron chi connectivity index (χ3n) is 3.46. The maximum Gasteiger partial charge on any atom is 0.417 e. The molecule has 144 valence electrons. The molecule has 0 aliphatic carbocycles. The molecule has 1 heterocycles.